The Hall–Kier alpha value is 0.949. The van der Waals surface area contributed by atoms with Gasteiger partial charge in [0.15, 0.2) is 0 Å². The van der Waals surface area contributed by atoms with E-state index in [0.29, 0.717) is 0 Å². The van der Waals surface area contributed by atoms with Crippen LogP contribution in [0.5, 0.6) is 0 Å². The molecule has 0 aliphatic rings. The van der Waals surface area contributed by atoms with E-state index in [1.165, 1.54) is 76.3 Å². The average Bonchev–Trinajstić information content (AvgIpc) is 2.30. The summed E-state index contributed by atoms with van der Waals surface area (Å²) in [5.74, 6) is 0. The second-order valence-electron chi connectivity index (χ2n) is 5.35. The second kappa shape index (κ2) is 12.0. The number of rotatable bonds is 12. The molecule has 0 aromatic carbocycles. The third kappa shape index (κ3) is 10.5. The van der Waals surface area contributed by atoms with Crippen LogP contribution < -0.4 is 0 Å². The van der Waals surface area contributed by atoms with Crippen molar-refractivity contribution < 1.29 is 0 Å². The molecule has 0 atom stereocenters. The van der Waals surface area contributed by atoms with Crippen LogP contribution in [-0.2, 0) is 0 Å². The van der Waals surface area contributed by atoms with Crippen LogP contribution in [0.1, 0.15) is 78.6 Å². The first kappa shape index (κ1) is 17.9. The molecule has 0 saturated heterocycles. The van der Waals surface area contributed by atoms with E-state index in [0.717, 1.165) is 0 Å². The normalized spacial score (nSPS) is 11.9. The van der Waals surface area contributed by atoms with E-state index in [1.807, 2.05) is 0 Å². The summed E-state index contributed by atoms with van der Waals surface area (Å²) >= 11 is 3.68. The molecule has 0 aromatic heterocycles. The minimum absolute atomic E-state index is 0.683. The second-order valence-corrected chi connectivity index (χ2v) is 13.7. The van der Waals surface area contributed by atoms with Crippen LogP contribution in [0.25, 0.3) is 0 Å². The SMILES string of the molecule is CCCCCP(=[Se])(CCCCC)CCCCC. The Morgan fingerprint density at radius 3 is 1.12 bits per heavy atom. The molecule has 0 amide bonds. The molecule has 0 aliphatic carbocycles. The van der Waals surface area contributed by atoms with Gasteiger partial charge in [-0.3, -0.25) is 0 Å². The van der Waals surface area contributed by atoms with Crippen LogP contribution in [0.3, 0.4) is 0 Å². The summed E-state index contributed by atoms with van der Waals surface area (Å²) in [6.45, 7) is 6.94. The fourth-order valence-corrected chi connectivity index (χ4v) is 7.79. The Kier molecular flexibility index (Phi) is 12.7. The quantitative estimate of drug-likeness (QED) is 0.247. The minimum atomic E-state index is -0.683. The van der Waals surface area contributed by atoms with Gasteiger partial charge in [0.25, 0.3) is 0 Å². The van der Waals surface area contributed by atoms with Gasteiger partial charge < -0.3 is 0 Å². The molecule has 0 aliphatic heterocycles. The van der Waals surface area contributed by atoms with Crippen LogP contribution in [0.4, 0.5) is 0 Å². The Morgan fingerprint density at radius 1 is 0.588 bits per heavy atom. The summed E-state index contributed by atoms with van der Waals surface area (Å²) < 4.78 is 0. The zero-order chi connectivity index (χ0) is 13.0. The fraction of sp³-hybridized carbons (Fsp3) is 1.00. The van der Waals surface area contributed by atoms with E-state index in [-0.39, 0.29) is 0 Å². The summed E-state index contributed by atoms with van der Waals surface area (Å²) in [5, 5.41) is 0. The molecule has 0 nitrogen and oxygen atoms in total. The van der Waals surface area contributed by atoms with Gasteiger partial charge in [0.05, 0.1) is 0 Å². The van der Waals surface area contributed by atoms with Crippen molar-refractivity contribution in [2.45, 2.75) is 78.6 Å². The van der Waals surface area contributed by atoms with Gasteiger partial charge in [-0.2, -0.15) is 0 Å². The Balaban J connectivity index is 4.00. The van der Waals surface area contributed by atoms with Crippen molar-refractivity contribution >= 4 is 20.6 Å². The van der Waals surface area contributed by atoms with E-state index in [2.05, 4.69) is 35.9 Å². The van der Waals surface area contributed by atoms with E-state index in [4.69, 9.17) is 0 Å². The molecule has 0 heterocycles. The van der Waals surface area contributed by atoms with E-state index in [1.54, 1.807) is 0 Å². The summed E-state index contributed by atoms with van der Waals surface area (Å²) in [7, 11) is 0. The van der Waals surface area contributed by atoms with Gasteiger partial charge in [-0.1, -0.05) is 0 Å². The Morgan fingerprint density at radius 2 is 0.882 bits per heavy atom. The molecule has 0 spiro atoms. The third-order valence-electron chi connectivity index (χ3n) is 3.51. The number of hydrogen-bond donors (Lipinski definition) is 0. The van der Waals surface area contributed by atoms with Crippen molar-refractivity contribution in [3.05, 3.63) is 0 Å². The van der Waals surface area contributed by atoms with Gasteiger partial charge in [0, 0.05) is 0 Å². The Bertz CT molecular complexity index is 168. The number of unbranched alkanes of at least 4 members (excludes halogenated alkanes) is 6. The molecule has 0 radical (unpaired) electrons. The zero-order valence-electron chi connectivity index (χ0n) is 12.3. The standard InChI is InChI=1S/C15H33PSe/c1-4-7-10-13-16(17,14-11-8-5-2)15-12-9-6-3/h4-15H2,1-3H3. The summed E-state index contributed by atoms with van der Waals surface area (Å²) in [6, 6.07) is 0. The van der Waals surface area contributed by atoms with Gasteiger partial charge in [-0.15, -0.1) is 0 Å². The third-order valence-corrected chi connectivity index (χ3v) is 10.3. The fourth-order valence-electron chi connectivity index (χ4n) is 2.29. The summed E-state index contributed by atoms with van der Waals surface area (Å²) in [6.07, 6.45) is 17.4. The van der Waals surface area contributed by atoms with E-state index in [9.17, 15) is 0 Å². The van der Waals surface area contributed by atoms with Gasteiger partial charge in [0.1, 0.15) is 0 Å². The van der Waals surface area contributed by atoms with Crippen molar-refractivity contribution in [1.82, 2.24) is 0 Å². The van der Waals surface area contributed by atoms with Crippen molar-refractivity contribution in [2.75, 3.05) is 18.5 Å². The molecular formula is C15H33PSe. The molecule has 0 aromatic rings. The van der Waals surface area contributed by atoms with E-state index < -0.39 is 5.51 Å². The summed E-state index contributed by atoms with van der Waals surface area (Å²) in [4.78, 5) is 0. The van der Waals surface area contributed by atoms with Crippen LogP contribution in [0, 0.1) is 0 Å². The van der Waals surface area contributed by atoms with Gasteiger partial charge in [-0.05, 0) is 0 Å². The molecule has 0 rings (SSSR count). The average molecular weight is 323 g/mol. The predicted octanol–water partition coefficient (Wildman–Crippen LogP) is 5.66. The van der Waals surface area contributed by atoms with Crippen molar-refractivity contribution in [1.29, 1.82) is 0 Å². The molecule has 0 bridgehead atoms. The zero-order valence-corrected chi connectivity index (χ0v) is 14.9. The molecule has 104 valence electrons. The first-order valence-corrected chi connectivity index (χ1v) is 12.3. The first-order valence-electron chi connectivity index (χ1n) is 7.75. The topological polar surface area (TPSA) is 0 Å². The van der Waals surface area contributed by atoms with Crippen molar-refractivity contribution in [2.24, 2.45) is 0 Å². The van der Waals surface area contributed by atoms with Crippen LogP contribution in [0.15, 0.2) is 0 Å². The number of hydrogen-bond acceptors (Lipinski definition) is 0. The molecule has 0 unspecified atom stereocenters. The monoisotopic (exact) mass is 324 g/mol. The molecule has 0 fully saturated rings. The van der Waals surface area contributed by atoms with Gasteiger partial charge >= 0.3 is 118 Å². The summed E-state index contributed by atoms with van der Waals surface area (Å²) in [5.41, 5.74) is -0.683. The van der Waals surface area contributed by atoms with E-state index >= 15 is 0 Å². The molecular weight excluding hydrogens is 290 g/mol. The van der Waals surface area contributed by atoms with Crippen molar-refractivity contribution in [3.63, 3.8) is 0 Å². The van der Waals surface area contributed by atoms with Crippen LogP contribution in [0.2, 0.25) is 0 Å². The molecule has 0 N–H and O–H groups in total. The van der Waals surface area contributed by atoms with Crippen LogP contribution >= 0.6 is 5.51 Å². The Labute approximate surface area is 118 Å². The maximum absolute atomic E-state index is 3.68. The molecule has 2 heteroatoms. The molecule has 17 heavy (non-hydrogen) atoms. The molecule has 0 saturated carbocycles. The van der Waals surface area contributed by atoms with Gasteiger partial charge in [-0.25, -0.2) is 0 Å². The van der Waals surface area contributed by atoms with Crippen LogP contribution in [-0.4, -0.2) is 33.6 Å². The first-order chi connectivity index (χ1) is 8.18. The van der Waals surface area contributed by atoms with Gasteiger partial charge in [0.2, 0.25) is 0 Å². The van der Waals surface area contributed by atoms with Crippen molar-refractivity contribution in [3.8, 4) is 0 Å². The maximum atomic E-state index is 3.68. The predicted molar refractivity (Wildman–Crippen MR) is 85.9 cm³/mol.